The number of nitrogens with zero attached hydrogens (tertiary/aromatic N) is 2. The highest BCUT2D eigenvalue weighted by molar-refractivity contribution is 6.06. The summed E-state index contributed by atoms with van der Waals surface area (Å²) in [6.07, 6.45) is 0. The highest BCUT2D eigenvalue weighted by Crippen LogP contribution is 2.15. The van der Waals surface area contributed by atoms with Crippen molar-refractivity contribution in [2.45, 2.75) is 0 Å². The summed E-state index contributed by atoms with van der Waals surface area (Å²) in [6.45, 7) is 3.00. The van der Waals surface area contributed by atoms with Crippen molar-refractivity contribution in [1.29, 1.82) is 0 Å². The molecule has 0 atom stereocenters. The largest absolute Gasteiger partial charge is 0.336 e. The van der Waals surface area contributed by atoms with Crippen LogP contribution in [0.25, 0.3) is 0 Å². The number of anilines is 1. The molecule has 0 aromatic heterocycles. The van der Waals surface area contributed by atoms with Gasteiger partial charge in [-0.05, 0) is 37.4 Å². The van der Waals surface area contributed by atoms with Gasteiger partial charge in [-0.15, -0.1) is 0 Å². The number of para-hydroxylation sites is 1. The molecule has 0 radical (unpaired) electrons. The van der Waals surface area contributed by atoms with E-state index in [2.05, 4.69) is 10.2 Å². The number of likely N-dealkylation sites (N-methyl/N-ethyl adjacent to an activating group) is 1. The van der Waals surface area contributed by atoms with Crippen LogP contribution in [0.2, 0.25) is 0 Å². The van der Waals surface area contributed by atoms with E-state index >= 15 is 0 Å². The molecule has 3 rings (SSSR count). The van der Waals surface area contributed by atoms with Crippen LogP contribution in [0.15, 0.2) is 48.5 Å². The number of nitrogens with one attached hydrogen (secondary N) is 1. The normalized spacial score (nSPS) is 15.0. The highest BCUT2D eigenvalue weighted by Gasteiger charge is 2.21. The Morgan fingerprint density at radius 3 is 2.36 bits per heavy atom. The number of rotatable bonds is 3. The number of halogens is 1. The van der Waals surface area contributed by atoms with Crippen molar-refractivity contribution in [2.24, 2.45) is 0 Å². The summed E-state index contributed by atoms with van der Waals surface area (Å²) >= 11 is 0. The maximum absolute atomic E-state index is 13.7. The molecule has 5 nitrogen and oxygen atoms in total. The molecule has 1 N–H and O–H groups in total. The minimum atomic E-state index is -0.500. The Kier molecular flexibility index (Phi) is 5.09. The van der Waals surface area contributed by atoms with Crippen molar-refractivity contribution < 1.29 is 14.0 Å². The molecule has 2 amide bonds. The van der Waals surface area contributed by atoms with Crippen molar-refractivity contribution in [2.75, 3.05) is 38.5 Å². The summed E-state index contributed by atoms with van der Waals surface area (Å²) in [7, 11) is 2.02. The Bertz CT molecular complexity index is 786. The molecule has 0 spiro atoms. The van der Waals surface area contributed by atoms with Crippen LogP contribution in [-0.4, -0.2) is 54.8 Å². The molecule has 1 heterocycles. The molecule has 2 aromatic carbocycles. The van der Waals surface area contributed by atoms with Gasteiger partial charge >= 0.3 is 0 Å². The number of carbonyl (C=O) groups excluding carboxylic acids is 2. The number of benzene rings is 2. The van der Waals surface area contributed by atoms with Gasteiger partial charge in [0.2, 0.25) is 0 Å². The predicted octanol–water partition coefficient (Wildman–Crippen LogP) is 2.47. The van der Waals surface area contributed by atoms with E-state index in [1.807, 2.05) is 7.05 Å². The van der Waals surface area contributed by atoms with E-state index < -0.39 is 11.7 Å². The smallest absolute Gasteiger partial charge is 0.255 e. The van der Waals surface area contributed by atoms with Crippen molar-refractivity contribution in [3.63, 3.8) is 0 Å². The fraction of sp³-hybridized carbons (Fsp3) is 0.263. The molecular weight excluding hydrogens is 321 g/mol. The Labute approximate surface area is 146 Å². The summed E-state index contributed by atoms with van der Waals surface area (Å²) in [5, 5.41) is 2.53. The first-order valence-electron chi connectivity index (χ1n) is 8.18. The van der Waals surface area contributed by atoms with Crippen LogP contribution in [0.3, 0.4) is 0 Å². The van der Waals surface area contributed by atoms with Crippen molar-refractivity contribution in [1.82, 2.24) is 9.80 Å². The Balaban J connectivity index is 1.73. The van der Waals surface area contributed by atoms with E-state index in [1.54, 1.807) is 41.3 Å². The zero-order chi connectivity index (χ0) is 17.8. The van der Waals surface area contributed by atoms with Crippen molar-refractivity contribution >= 4 is 17.5 Å². The van der Waals surface area contributed by atoms with Gasteiger partial charge in [0.25, 0.3) is 11.8 Å². The number of hydrogen-bond donors (Lipinski definition) is 1. The van der Waals surface area contributed by atoms with Crippen LogP contribution >= 0.6 is 0 Å². The number of carbonyl (C=O) groups is 2. The van der Waals surface area contributed by atoms with Gasteiger partial charge in [-0.3, -0.25) is 9.59 Å². The van der Waals surface area contributed by atoms with Crippen LogP contribution in [0.1, 0.15) is 20.7 Å². The predicted molar refractivity (Wildman–Crippen MR) is 94.2 cm³/mol. The molecule has 1 fully saturated rings. The molecule has 130 valence electrons. The lowest BCUT2D eigenvalue weighted by atomic mass is 10.1. The lowest BCUT2D eigenvalue weighted by molar-refractivity contribution is 0.0664. The third kappa shape index (κ3) is 4.03. The lowest BCUT2D eigenvalue weighted by Gasteiger charge is -2.32. The third-order valence-electron chi connectivity index (χ3n) is 4.28. The van der Waals surface area contributed by atoms with E-state index in [9.17, 15) is 14.0 Å². The molecule has 1 aliphatic rings. The first-order valence-corrected chi connectivity index (χ1v) is 8.18. The lowest BCUT2D eigenvalue weighted by Crippen LogP contribution is -2.47. The number of amides is 2. The second-order valence-electron chi connectivity index (χ2n) is 6.11. The van der Waals surface area contributed by atoms with E-state index in [4.69, 9.17) is 0 Å². The molecule has 2 aromatic rings. The second kappa shape index (κ2) is 7.44. The van der Waals surface area contributed by atoms with Gasteiger partial charge in [-0.1, -0.05) is 18.2 Å². The SMILES string of the molecule is CN1CCN(C(=O)c2cccc(C(=O)Nc3ccccc3F)c2)CC1. The quantitative estimate of drug-likeness (QED) is 0.933. The van der Waals surface area contributed by atoms with Crippen LogP contribution in [0.4, 0.5) is 10.1 Å². The minimum absolute atomic E-state index is 0.0892. The molecule has 0 bridgehead atoms. The third-order valence-corrected chi connectivity index (χ3v) is 4.28. The minimum Gasteiger partial charge on any atom is -0.336 e. The molecule has 25 heavy (non-hydrogen) atoms. The fourth-order valence-electron chi connectivity index (χ4n) is 2.74. The van der Waals surface area contributed by atoms with Crippen molar-refractivity contribution in [3.8, 4) is 0 Å². The van der Waals surface area contributed by atoms with Gasteiger partial charge in [0, 0.05) is 37.3 Å². The summed E-state index contributed by atoms with van der Waals surface area (Å²) in [5.41, 5.74) is 0.900. The molecular formula is C19H20FN3O2. The van der Waals surface area contributed by atoms with Crippen LogP contribution < -0.4 is 5.32 Å². The maximum atomic E-state index is 13.7. The first-order chi connectivity index (χ1) is 12.0. The van der Waals surface area contributed by atoms with Gasteiger partial charge in [0.1, 0.15) is 5.82 Å². The van der Waals surface area contributed by atoms with Gasteiger partial charge in [0.05, 0.1) is 5.69 Å². The van der Waals surface area contributed by atoms with E-state index in [0.717, 1.165) is 13.1 Å². The monoisotopic (exact) mass is 341 g/mol. The molecule has 0 unspecified atom stereocenters. The topological polar surface area (TPSA) is 52.7 Å². The van der Waals surface area contributed by atoms with Crippen LogP contribution in [0, 0.1) is 5.82 Å². The zero-order valence-corrected chi connectivity index (χ0v) is 14.0. The van der Waals surface area contributed by atoms with Crippen LogP contribution in [0.5, 0.6) is 0 Å². The summed E-state index contributed by atoms with van der Waals surface area (Å²) in [4.78, 5) is 28.9. The van der Waals surface area contributed by atoms with Crippen molar-refractivity contribution in [3.05, 3.63) is 65.5 Å². The summed E-state index contributed by atoms with van der Waals surface area (Å²) in [6, 6.07) is 12.5. The van der Waals surface area contributed by atoms with E-state index in [0.29, 0.717) is 24.2 Å². The summed E-state index contributed by atoms with van der Waals surface area (Å²) in [5.74, 6) is -1.03. The Hall–Kier alpha value is -2.73. The van der Waals surface area contributed by atoms with Gasteiger partial charge < -0.3 is 15.1 Å². The average Bonchev–Trinajstić information content (AvgIpc) is 2.64. The van der Waals surface area contributed by atoms with E-state index in [1.165, 1.54) is 12.1 Å². The zero-order valence-electron chi connectivity index (χ0n) is 14.0. The standard InChI is InChI=1S/C19H20FN3O2/c1-22-9-11-23(12-10-22)19(25)15-6-4-5-14(13-15)18(24)21-17-8-3-2-7-16(17)20/h2-8,13H,9-12H2,1H3,(H,21,24). The molecule has 0 aliphatic carbocycles. The Morgan fingerprint density at radius 1 is 0.960 bits per heavy atom. The van der Waals surface area contributed by atoms with Gasteiger partial charge in [-0.2, -0.15) is 0 Å². The average molecular weight is 341 g/mol. The second-order valence-corrected chi connectivity index (χ2v) is 6.11. The Morgan fingerprint density at radius 2 is 1.64 bits per heavy atom. The number of piperazine rings is 1. The van der Waals surface area contributed by atoms with E-state index in [-0.39, 0.29) is 11.6 Å². The molecule has 1 saturated heterocycles. The fourth-order valence-corrected chi connectivity index (χ4v) is 2.74. The number of hydrogen-bond acceptors (Lipinski definition) is 3. The van der Waals surface area contributed by atoms with Gasteiger partial charge in [-0.25, -0.2) is 4.39 Å². The molecule has 6 heteroatoms. The first kappa shape index (κ1) is 17.1. The molecule has 0 saturated carbocycles. The highest BCUT2D eigenvalue weighted by atomic mass is 19.1. The molecule has 1 aliphatic heterocycles. The van der Waals surface area contributed by atoms with Gasteiger partial charge in [0.15, 0.2) is 0 Å². The summed E-state index contributed by atoms with van der Waals surface area (Å²) < 4.78 is 13.7. The maximum Gasteiger partial charge on any atom is 0.255 e. The van der Waals surface area contributed by atoms with Crippen LogP contribution in [-0.2, 0) is 0 Å².